The summed E-state index contributed by atoms with van der Waals surface area (Å²) in [6, 6.07) is 8.53. The Morgan fingerprint density at radius 2 is 1.82 bits per heavy atom. The van der Waals surface area contributed by atoms with Crippen LogP contribution in [0.2, 0.25) is 5.02 Å². The van der Waals surface area contributed by atoms with E-state index in [1.165, 1.54) is 0 Å². The summed E-state index contributed by atoms with van der Waals surface area (Å²) in [5.41, 5.74) is 0.285. The van der Waals surface area contributed by atoms with E-state index in [-0.39, 0.29) is 5.56 Å². The molecule has 2 N–H and O–H groups in total. The molecule has 0 radical (unpaired) electrons. The number of carbonyl (C=O) groups excluding carboxylic acids is 1. The fraction of sp³-hybridized carbons (Fsp3) is 0.188. The number of rotatable bonds is 4. The van der Waals surface area contributed by atoms with Crippen molar-refractivity contribution in [2.75, 3.05) is 0 Å². The number of benzene rings is 2. The van der Waals surface area contributed by atoms with Crippen molar-refractivity contribution >= 4 is 17.5 Å². The van der Waals surface area contributed by atoms with E-state index in [4.69, 9.17) is 11.6 Å². The molecule has 0 aliphatic heterocycles. The third-order valence-corrected chi connectivity index (χ3v) is 3.47. The summed E-state index contributed by atoms with van der Waals surface area (Å²) in [5, 5.41) is 13.2. The van der Waals surface area contributed by atoms with Crippen LogP contribution in [0, 0.1) is 11.6 Å². The second kappa shape index (κ2) is 6.85. The Morgan fingerprint density at radius 1 is 1.18 bits per heavy atom. The topological polar surface area (TPSA) is 49.3 Å². The number of aliphatic hydroxyl groups excluding tert-OH is 1. The molecule has 2 rings (SSSR count). The Labute approximate surface area is 131 Å². The average molecular weight is 326 g/mol. The van der Waals surface area contributed by atoms with Gasteiger partial charge in [0.1, 0.15) is 11.6 Å². The van der Waals surface area contributed by atoms with Crippen LogP contribution in [-0.4, -0.2) is 17.1 Å². The molecule has 0 bridgehead atoms. The van der Waals surface area contributed by atoms with Gasteiger partial charge in [-0.25, -0.2) is 8.78 Å². The van der Waals surface area contributed by atoms with Crippen molar-refractivity contribution < 1.29 is 18.7 Å². The third kappa shape index (κ3) is 3.81. The number of halogens is 3. The van der Waals surface area contributed by atoms with Gasteiger partial charge < -0.3 is 10.4 Å². The van der Waals surface area contributed by atoms with Crippen molar-refractivity contribution in [3.63, 3.8) is 0 Å². The number of hydrogen-bond donors (Lipinski definition) is 2. The molecule has 6 heteroatoms. The van der Waals surface area contributed by atoms with Gasteiger partial charge in [-0.3, -0.25) is 4.79 Å². The van der Waals surface area contributed by atoms with Crippen LogP contribution in [0.1, 0.15) is 28.9 Å². The Balaban J connectivity index is 2.08. The maximum atomic E-state index is 13.5. The molecule has 0 fully saturated rings. The predicted octanol–water partition coefficient (Wildman–Crippen LogP) is 3.47. The standard InChI is InChI=1S/C16H14ClF2NO2/c1-9(15(21)10-2-4-11(17)5-3-10)20-16(22)13-7-6-12(18)8-14(13)19/h2-9,15,21H,1H3,(H,20,22). The first-order valence-electron chi connectivity index (χ1n) is 6.58. The lowest BCUT2D eigenvalue weighted by molar-refractivity contribution is 0.0848. The minimum atomic E-state index is -0.982. The van der Waals surface area contributed by atoms with Crippen molar-refractivity contribution in [2.24, 2.45) is 0 Å². The van der Waals surface area contributed by atoms with Crippen LogP contribution in [-0.2, 0) is 0 Å². The summed E-state index contributed by atoms with van der Waals surface area (Å²) in [5.74, 6) is -2.44. The van der Waals surface area contributed by atoms with Crippen molar-refractivity contribution in [1.82, 2.24) is 5.32 Å². The van der Waals surface area contributed by atoms with Crippen LogP contribution in [0.4, 0.5) is 8.78 Å². The maximum Gasteiger partial charge on any atom is 0.254 e. The zero-order valence-corrected chi connectivity index (χ0v) is 12.4. The van der Waals surface area contributed by atoms with Crippen LogP contribution in [0.25, 0.3) is 0 Å². The van der Waals surface area contributed by atoms with Crippen LogP contribution in [0.15, 0.2) is 42.5 Å². The van der Waals surface area contributed by atoms with E-state index in [2.05, 4.69) is 5.32 Å². The fourth-order valence-electron chi connectivity index (χ4n) is 1.99. The number of aliphatic hydroxyl groups is 1. The molecule has 0 spiro atoms. The highest BCUT2D eigenvalue weighted by atomic mass is 35.5. The van der Waals surface area contributed by atoms with E-state index in [1.807, 2.05) is 0 Å². The van der Waals surface area contributed by atoms with E-state index in [0.717, 1.165) is 12.1 Å². The van der Waals surface area contributed by atoms with Gasteiger partial charge in [0.25, 0.3) is 5.91 Å². The van der Waals surface area contributed by atoms with Crippen molar-refractivity contribution in [3.8, 4) is 0 Å². The van der Waals surface area contributed by atoms with E-state index < -0.39 is 29.7 Å². The zero-order chi connectivity index (χ0) is 16.3. The summed E-state index contributed by atoms with van der Waals surface area (Å²) in [7, 11) is 0. The smallest absolute Gasteiger partial charge is 0.254 e. The van der Waals surface area contributed by atoms with Crippen LogP contribution >= 0.6 is 11.6 Å². The van der Waals surface area contributed by atoms with E-state index in [0.29, 0.717) is 16.7 Å². The van der Waals surface area contributed by atoms with Gasteiger partial charge in [-0.15, -0.1) is 0 Å². The maximum absolute atomic E-state index is 13.5. The van der Waals surface area contributed by atoms with E-state index in [9.17, 15) is 18.7 Å². The molecule has 2 unspecified atom stereocenters. The van der Waals surface area contributed by atoms with Crippen molar-refractivity contribution in [3.05, 3.63) is 70.2 Å². The Hall–Kier alpha value is -1.98. The first-order valence-corrected chi connectivity index (χ1v) is 6.95. The van der Waals surface area contributed by atoms with Gasteiger partial charge in [0.05, 0.1) is 17.7 Å². The van der Waals surface area contributed by atoms with Crippen LogP contribution < -0.4 is 5.32 Å². The normalized spacial score (nSPS) is 13.5. The Kier molecular flexibility index (Phi) is 5.11. The highest BCUT2D eigenvalue weighted by Crippen LogP contribution is 2.20. The number of nitrogens with one attached hydrogen (secondary N) is 1. The molecule has 116 valence electrons. The molecule has 1 amide bonds. The van der Waals surface area contributed by atoms with E-state index in [1.54, 1.807) is 31.2 Å². The SMILES string of the molecule is CC(NC(=O)c1ccc(F)cc1F)C(O)c1ccc(Cl)cc1. The lowest BCUT2D eigenvalue weighted by Crippen LogP contribution is -2.37. The van der Waals surface area contributed by atoms with Crippen LogP contribution in [0.5, 0.6) is 0 Å². The van der Waals surface area contributed by atoms with Gasteiger partial charge in [0, 0.05) is 11.1 Å². The lowest BCUT2D eigenvalue weighted by atomic mass is 10.0. The summed E-state index contributed by atoms with van der Waals surface area (Å²) in [6.45, 7) is 1.58. The van der Waals surface area contributed by atoms with Gasteiger partial charge in [0.2, 0.25) is 0 Å². The lowest BCUT2D eigenvalue weighted by Gasteiger charge is -2.21. The largest absolute Gasteiger partial charge is 0.386 e. The molecule has 0 aromatic heterocycles. The molecule has 2 atom stereocenters. The molecular weight excluding hydrogens is 312 g/mol. The molecular formula is C16H14ClF2NO2. The molecule has 0 heterocycles. The van der Waals surface area contributed by atoms with Gasteiger partial charge in [0.15, 0.2) is 0 Å². The Bertz CT molecular complexity index is 676. The molecule has 0 aliphatic rings. The summed E-state index contributed by atoms with van der Waals surface area (Å²) < 4.78 is 26.4. The van der Waals surface area contributed by atoms with Gasteiger partial charge in [-0.2, -0.15) is 0 Å². The van der Waals surface area contributed by atoms with Crippen LogP contribution in [0.3, 0.4) is 0 Å². The molecule has 22 heavy (non-hydrogen) atoms. The van der Waals surface area contributed by atoms with Gasteiger partial charge in [-0.05, 0) is 36.8 Å². The van der Waals surface area contributed by atoms with Crippen molar-refractivity contribution in [1.29, 1.82) is 0 Å². The zero-order valence-electron chi connectivity index (χ0n) is 11.7. The van der Waals surface area contributed by atoms with Crippen molar-refractivity contribution in [2.45, 2.75) is 19.1 Å². The van der Waals surface area contributed by atoms with Gasteiger partial charge in [-0.1, -0.05) is 23.7 Å². The minimum Gasteiger partial charge on any atom is -0.386 e. The highest BCUT2D eigenvalue weighted by molar-refractivity contribution is 6.30. The predicted molar refractivity (Wildman–Crippen MR) is 79.7 cm³/mol. The average Bonchev–Trinajstić information content (AvgIpc) is 2.47. The summed E-state index contributed by atoms with van der Waals surface area (Å²) >= 11 is 5.77. The second-order valence-corrected chi connectivity index (χ2v) is 5.32. The first-order chi connectivity index (χ1) is 10.4. The number of carbonyl (C=O) groups is 1. The van der Waals surface area contributed by atoms with Gasteiger partial charge >= 0.3 is 0 Å². The van der Waals surface area contributed by atoms with E-state index >= 15 is 0 Å². The fourth-order valence-corrected chi connectivity index (χ4v) is 2.11. The molecule has 2 aromatic rings. The molecule has 0 saturated carbocycles. The highest BCUT2D eigenvalue weighted by Gasteiger charge is 2.21. The first kappa shape index (κ1) is 16.4. The third-order valence-electron chi connectivity index (χ3n) is 3.22. The molecule has 3 nitrogen and oxygen atoms in total. The monoisotopic (exact) mass is 325 g/mol. The molecule has 2 aromatic carbocycles. The summed E-state index contributed by atoms with van der Waals surface area (Å²) in [4.78, 5) is 12.0. The summed E-state index contributed by atoms with van der Waals surface area (Å²) in [6.07, 6.45) is -0.982. The second-order valence-electron chi connectivity index (χ2n) is 4.88. The number of amides is 1. The molecule has 0 aliphatic carbocycles. The Morgan fingerprint density at radius 3 is 2.41 bits per heavy atom. The minimum absolute atomic E-state index is 0.281. The molecule has 0 saturated heterocycles. The quantitative estimate of drug-likeness (QED) is 0.904. The number of hydrogen-bond acceptors (Lipinski definition) is 2.